The summed E-state index contributed by atoms with van der Waals surface area (Å²) in [6.45, 7) is 7.75. The molecule has 1 aliphatic rings. The minimum Gasteiger partial charge on any atom is -0.368 e. The normalized spacial score (nSPS) is 30.5. The van der Waals surface area contributed by atoms with Gasteiger partial charge in [-0.05, 0) is 38.3 Å². The molecule has 0 aromatic heterocycles. The van der Waals surface area contributed by atoms with E-state index in [0.29, 0.717) is 18.0 Å². The van der Waals surface area contributed by atoms with Crippen LogP contribution in [0.15, 0.2) is 24.3 Å². The monoisotopic (exact) mass is 218 g/mol. The standard InChI is InChI=1S/C14H22N2/c1-10-4-6-13(7-5-10)16-9-8-14(15)11(2)12(16)3/h4-7,11-12,14H,8-9,15H2,1-3H3. The van der Waals surface area contributed by atoms with Crippen molar-refractivity contribution in [2.45, 2.75) is 39.3 Å². The molecule has 2 heteroatoms. The van der Waals surface area contributed by atoms with E-state index in [9.17, 15) is 0 Å². The lowest BCUT2D eigenvalue weighted by Crippen LogP contribution is -2.51. The minimum absolute atomic E-state index is 0.358. The first-order chi connectivity index (χ1) is 7.59. The Morgan fingerprint density at radius 2 is 1.81 bits per heavy atom. The molecule has 3 atom stereocenters. The number of nitrogens with zero attached hydrogens (tertiary/aromatic N) is 1. The summed E-state index contributed by atoms with van der Waals surface area (Å²) in [6, 6.07) is 9.69. The van der Waals surface area contributed by atoms with Crippen molar-refractivity contribution in [3.05, 3.63) is 29.8 Å². The third-order valence-corrected chi connectivity index (χ3v) is 4.00. The molecule has 0 spiro atoms. The SMILES string of the molecule is Cc1ccc(N2CCC(N)C(C)C2C)cc1. The molecule has 1 aliphatic heterocycles. The first-order valence-corrected chi connectivity index (χ1v) is 6.18. The van der Waals surface area contributed by atoms with Crippen LogP contribution in [0.1, 0.15) is 25.8 Å². The summed E-state index contributed by atoms with van der Waals surface area (Å²) in [4.78, 5) is 2.48. The molecule has 88 valence electrons. The highest BCUT2D eigenvalue weighted by Crippen LogP contribution is 2.27. The Bertz CT molecular complexity index is 344. The van der Waals surface area contributed by atoms with E-state index in [1.165, 1.54) is 11.3 Å². The van der Waals surface area contributed by atoms with E-state index < -0.39 is 0 Å². The van der Waals surface area contributed by atoms with Crippen LogP contribution < -0.4 is 10.6 Å². The van der Waals surface area contributed by atoms with Gasteiger partial charge in [0, 0.05) is 24.3 Å². The molecule has 3 unspecified atom stereocenters. The second-order valence-electron chi connectivity index (χ2n) is 5.08. The van der Waals surface area contributed by atoms with Gasteiger partial charge in [0.25, 0.3) is 0 Å². The fourth-order valence-corrected chi connectivity index (χ4v) is 2.50. The van der Waals surface area contributed by atoms with Gasteiger partial charge in [-0.1, -0.05) is 24.6 Å². The quantitative estimate of drug-likeness (QED) is 0.785. The molecule has 1 heterocycles. The summed E-state index contributed by atoms with van der Waals surface area (Å²) in [6.07, 6.45) is 1.10. The number of anilines is 1. The summed E-state index contributed by atoms with van der Waals surface area (Å²) >= 11 is 0. The predicted molar refractivity (Wildman–Crippen MR) is 69.7 cm³/mol. The van der Waals surface area contributed by atoms with Gasteiger partial charge in [-0.2, -0.15) is 0 Å². The summed E-state index contributed by atoms with van der Waals surface area (Å²) in [5.74, 6) is 0.565. The van der Waals surface area contributed by atoms with Crippen molar-refractivity contribution in [2.75, 3.05) is 11.4 Å². The molecule has 0 saturated carbocycles. The topological polar surface area (TPSA) is 29.3 Å². The van der Waals surface area contributed by atoms with Crippen LogP contribution in [-0.2, 0) is 0 Å². The van der Waals surface area contributed by atoms with Crippen molar-refractivity contribution in [1.82, 2.24) is 0 Å². The highest BCUT2D eigenvalue weighted by molar-refractivity contribution is 5.49. The highest BCUT2D eigenvalue weighted by Gasteiger charge is 2.30. The maximum atomic E-state index is 6.11. The highest BCUT2D eigenvalue weighted by atomic mass is 15.2. The van der Waals surface area contributed by atoms with Gasteiger partial charge in [0.05, 0.1) is 0 Å². The van der Waals surface area contributed by atoms with Crippen LogP contribution in [0.5, 0.6) is 0 Å². The molecule has 16 heavy (non-hydrogen) atoms. The van der Waals surface area contributed by atoms with Crippen molar-refractivity contribution in [3.63, 3.8) is 0 Å². The Hall–Kier alpha value is -1.02. The molecule has 0 radical (unpaired) electrons. The molecule has 0 bridgehead atoms. The Morgan fingerprint density at radius 1 is 1.19 bits per heavy atom. The van der Waals surface area contributed by atoms with Gasteiger partial charge in [0.2, 0.25) is 0 Å². The molecule has 0 amide bonds. The second kappa shape index (κ2) is 4.46. The largest absolute Gasteiger partial charge is 0.368 e. The lowest BCUT2D eigenvalue weighted by Gasteiger charge is -2.42. The summed E-state index contributed by atoms with van der Waals surface area (Å²) < 4.78 is 0. The van der Waals surface area contributed by atoms with Crippen molar-refractivity contribution >= 4 is 5.69 Å². The van der Waals surface area contributed by atoms with E-state index in [2.05, 4.69) is 49.9 Å². The summed E-state index contributed by atoms with van der Waals surface area (Å²) in [5, 5.41) is 0. The molecule has 1 aromatic carbocycles. The van der Waals surface area contributed by atoms with Crippen LogP contribution in [0.4, 0.5) is 5.69 Å². The van der Waals surface area contributed by atoms with Crippen molar-refractivity contribution in [1.29, 1.82) is 0 Å². The average Bonchev–Trinajstić information content (AvgIpc) is 2.28. The third-order valence-electron chi connectivity index (χ3n) is 4.00. The maximum absolute atomic E-state index is 6.11. The number of hydrogen-bond donors (Lipinski definition) is 1. The van der Waals surface area contributed by atoms with Gasteiger partial charge < -0.3 is 10.6 Å². The van der Waals surface area contributed by atoms with Gasteiger partial charge in [-0.15, -0.1) is 0 Å². The van der Waals surface area contributed by atoms with E-state index in [1.807, 2.05) is 0 Å². The zero-order valence-corrected chi connectivity index (χ0v) is 10.5. The van der Waals surface area contributed by atoms with Gasteiger partial charge in [0.1, 0.15) is 0 Å². The van der Waals surface area contributed by atoms with Crippen LogP contribution >= 0.6 is 0 Å². The lowest BCUT2D eigenvalue weighted by atomic mass is 9.87. The second-order valence-corrected chi connectivity index (χ2v) is 5.08. The molecule has 1 fully saturated rings. The molecule has 2 N–H and O–H groups in total. The van der Waals surface area contributed by atoms with E-state index in [-0.39, 0.29) is 0 Å². The smallest absolute Gasteiger partial charge is 0.0368 e. The molecule has 1 aromatic rings. The maximum Gasteiger partial charge on any atom is 0.0368 e. The number of hydrogen-bond acceptors (Lipinski definition) is 2. The number of benzene rings is 1. The van der Waals surface area contributed by atoms with Gasteiger partial charge >= 0.3 is 0 Å². The Kier molecular flexibility index (Phi) is 3.20. The van der Waals surface area contributed by atoms with Gasteiger partial charge in [-0.25, -0.2) is 0 Å². The summed E-state index contributed by atoms with van der Waals surface area (Å²) in [5.41, 5.74) is 8.75. The fourth-order valence-electron chi connectivity index (χ4n) is 2.50. The zero-order valence-electron chi connectivity index (χ0n) is 10.5. The molecular weight excluding hydrogens is 196 g/mol. The Morgan fingerprint density at radius 3 is 2.44 bits per heavy atom. The molecule has 2 rings (SSSR count). The molecule has 0 aliphatic carbocycles. The molecule has 1 saturated heterocycles. The average molecular weight is 218 g/mol. The minimum atomic E-state index is 0.358. The Balaban J connectivity index is 2.18. The van der Waals surface area contributed by atoms with Crippen LogP contribution in [0.3, 0.4) is 0 Å². The van der Waals surface area contributed by atoms with Crippen LogP contribution in [-0.4, -0.2) is 18.6 Å². The van der Waals surface area contributed by atoms with Gasteiger partial charge in [-0.3, -0.25) is 0 Å². The summed E-state index contributed by atoms with van der Waals surface area (Å²) in [7, 11) is 0. The van der Waals surface area contributed by atoms with E-state index in [4.69, 9.17) is 5.73 Å². The first-order valence-electron chi connectivity index (χ1n) is 6.18. The molecule has 2 nitrogen and oxygen atoms in total. The van der Waals surface area contributed by atoms with Crippen molar-refractivity contribution in [3.8, 4) is 0 Å². The van der Waals surface area contributed by atoms with Crippen LogP contribution in [0.2, 0.25) is 0 Å². The molecular formula is C14H22N2. The van der Waals surface area contributed by atoms with Crippen LogP contribution in [0, 0.1) is 12.8 Å². The van der Waals surface area contributed by atoms with E-state index in [1.54, 1.807) is 0 Å². The number of piperidine rings is 1. The number of aryl methyl sites for hydroxylation is 1. The fraction of sp³-hybridized carbons (Fsp3) is 0.571. The Labute approximate surface area is 98.4 Å². The predicted octanol–water partition coefficient (Wildman–Crippen LogP) is 2.56. The van der Waals surface area contributed by atoms with E-state index in [0.717, 1.165) is 13.0 Å². The van der Waals surface area contributed by atoms with Crippen LogP contribution in [0.25, 0.3) is 0 Å². The van der Waals surface area contributed by atoms with Crippen molar-refractivity contribution in [2.24, 2.45) is 11.7 Å². The first kappa shape index (κ1) is 11.5. The third kappa shape index (κ3) is 2.07. The van der Waals surface area contributed by atoms with Gasteiger partial charge in [0.15, 0.2) is 0 Å². The number of nitrogens with two attached hydrogens (primary N) is 1. The number of rotatable bonds is 1. The van der Waals surface area contributed by atoms with Crippen molar-refractivity contribution < 1.29 is 0 Å². The van der Waals surface area contributed by atoms with E-state index >= 15 is 0 Å². The lowest BCUT2D eigenvalue weighted by molar-refractivity contribution is 0.315. The zero-order chi connectivity index (χ0) is 11.7.